The summed E-state index contributed by atoms with van der Waals surface area (Å²) in [6.45, 7) is 1.87. The van der Waals surface area contributed by atoms with Crippen LogP contribution in [0.15, 0.2) is 23.2 Å². The zero-order valence-electron chi connectivity index (χ0n) is 15.5. The van der Waals surface area contributed by atoms with Crippen molar-refractivity contribution < 1.29 is 18.3 Å². The number of hydrogen-bond donors (Lipinski definition) is 2. The largest absolute Gasteiger partial charge is 0.497 e. The van der Waals surface area contributed by atoms with Crippen LogP contribution in [0.25, 0.3) is 0 Å². The van der Waals surface area contributed by atoms with Crippen molar-refractivity contribution in [1.29, 1.82) is 0 Å². The Morgan fingerprint density at radius 3 is 2.52 bits per heavy atom. The fraction of sp³-hybridized carbons (Fsp3) is 0.412. The van der Waals surface area contributed by atoms with E-state index in [0.717, 1.165) is 15.6 Å². The van der Waals surface area contributed by atoms with Gasteiger partial charge in [0.25, 0.3) is 0 Å². The highest BCUT2D eigenvalue weighted by atomic mass is 127. The van der Waals surface area contributed by atoms with Crippen LogP contribution in [0.3, 0.4) is 0 Å². The second-order valence-electron chi connectivity index (χ2n) is 5.37. The van der Waals surface area contributed by atoms with Crippen LogP contribution in [-0.2, 0) is 13.1 Å². The number of nitrogens with zero attached hydrogens (tertiary/aromatic N) is 2. The normalized spacial score (nSPS) is 11.1. The second-order valence-corrected chi connectivity index (χ2v) is 6.66. The van der Waals surface area contributed by atoms with Gasteiger partial charge in [-0.1, -0.05) is 0 Å². The molecule has 2 aromatic rings. The smallest absolute Gasteiger partial charge is 0.387 e. The molecule has 1 aromatic carbocycles. The van der Waals surface area contributed by atoms with Gasteiger partial charge in [0.05, 0.1) is 24.4 Å². The first-order chi connectivity index (χ1) is 12.4. The van der Waals surface area contributed by atoms with E-state index in [4.69, 9.17) is 4.74 Å². The Bertz CT molecular complexity index is 771. The summed E-state index contributed by atoms with van der Waals surface area (Å²) in [6.07, 6.45) is 0. The number of rotatable bonds is 7. The number of methoxy groups -OCH3 is 1. The number of benzene rings is 1. The molecule has 1 aromatic heterocycles. The fourth-order valence-corrected chi connectivity index (χ4v) is 3.19. The number of ether oxygens (including phenoxy) is 2. The Balaban J connectivity index is 0.00000364. The Morgan fingerprint density at radius 1 is 1.26 bits per heavy atom. The number of thiazole rings is 1. The van der Waals surface area contributed by atoms with Crippen LogP contribution in [0.1, 0.15) is 21.1 Å². The Labute approximate surface area is 178 Å². The van der Waals surface area contributed by atoms with Crippen LogP contribution in [-0.4, -0.2) is 31.7 Å². The molecular formula is C17H23F2IN4O2S. The molecule has 0 atom stereocenters. The van der Waals surface area contributed by atoms with Crippen LogP contribution in [0.2, 0.25) is 0 Å². The van der Waals surface area contributed by atoms with E-state index < -0.39 is 6.61 Å². The molecule has 0 saturated heterocycles. The molecule has 0 amide bonds. The Hall–Kier alpha value is -1.69. The lowest BCUT2D eigenvalue weighted by atomic mass is 10.2. The van der Waals surface area contributed by atoms with Gasteiger partial charge in [0, 0.05) is 30.1 Å². The molecule has 0 radical (unpaired) electrons. The van der Waals surface area contributed by atoms with Crippen molar-refractivity contribution in [3.63, 3.8) is 0 Å². The van der Waals surface area contributed by atoms with Crippen molar-refractivity contribution in [2.24, 2.45) is 4.99 Å². The van der Waals surface area contributed by atoms with Gasteiger partial charge in [-0.25, -0.2) is 4.98 Å². The van der Waals surface area contributed by atoms with Crippen molar-refractivity contribution in [3.8, 4) is 11.5 Å². The molecule has 0 fully saturated rings. The monoisotopic (exact) mass is 512 g/mol. The fourth-order valence-electron chi connectivity index (χ4n) is 2.31. The third kappa shape index (κ3) is 7.09. The van der Waals surface area contributed by atoms with Crippen LogP contribution in [0.5, 0.6) is 11.5 Å². The average Bonchev–Trinajstić information content (AvgIpc) is 2.92. The zero-order valence-corrected chi connectivity index (χ0v) is 18.7. The molecule has 1 heterocycles. The van der Waals surface area contributed by atoms with E-state index in [1.54, 1.807) is 30.5 Å². The minimum absolute atomic E-state index is 0. The molecule has 0 aliphatic carbocycles. The summed E-state index contributed by atoms with van der Waals surface area (Å²) in [5.41, 5.74) is 1.55. The van der Waals surface area contributed by atoms with Crippen LogP contribution < -0.4 is 20.1 Å². The van der Waals surface area contributed by atoms with E-state index in [1.165, 1.54) is 13.2 Å². The number of hydrogen-bond acceptors (Lipinski definition) is 5. The molecule has 27 heavy (non-hydrogen) atoms. The number of aliphatic imine (C=N–C) groups is 1. The Morgan fingerprint density at radius 2 is 1.96 bits per heavy atom. The van der Waals surface area contributed by atoms with E-state index in [1.807, 2.05) is 13.8 Å². The van der Waals surface area contributed by atoms with E-state index in [2.05, 4.69) is 25.3 Å². The predicted molar refractivity (Wildman–Crippen MR) is 114 cm³/mol. The summed E-state index contributed by atoms with van der Waals surface area (Å²) in [7, 11) is 3.11. The minimum Gasteiger partial charge on any atom is -0.497 e. The van der Waals surface area contributed by atoms with Gasteiger partial charge < -0.3 is 20.1 Å². The maximum absolute atomic E-state index is 12.6. The first-order valence-electron chi connectivity index (χ1n) is 7.92. The molecule has 0 unspecified atom stereocenters. The lowest BCUT2D eigenvalue weighted by Crippen LogP contribution is -2.36. The predicted octanol–water partition coefficient (Wildman–Crippen LogP) is 3.85. The summed E-state index contributed by atoms with van der Waals surface area (Å²) >= 11 is 1.62. The maximum atomic E-state index is 12.6. The molecular weight excluding hydrogens is 489 g/mol. The first kappa shape index (κ1) is 23.3. The van der Waals surface area contributed by atoms with Gasteiger partial charge >= 0.3 is 6.61 Å². The van der Waals surface area contributed by atoms with Crippen LogP contribution in [0.4, 0.5) is 8.78 Å². The van der Waals surface area contributed by atoms with Crippen LogP contribution in [0, 0.1) is 13.8 Å². The molecule has 10 heteroatoms. The van der Waals surface area contributed by atoms with E-state index in [-0.39, 0.29) is 36.3 Å². The quantitative estimate of drug-likeness (QED) is 0.335. The molecule has 6 nitrogen and oxygen atoms in total. The lowest BCUT2D eigenvalue weighted by Gasteiger charge is -2.15. The number of aryl methyl sites for hydroxylation is 2. The minimum atomic E-state index is -2.91. The summed E-state index contributed by atoms with van der Waals surface area (Å²) in [5, 5.41) is 7.29. The third-order valence-electron chi connectivity index (χ3n) is 3.58. The first-order valence-corrected chi connectivity index (χ1v) is 8.73. The molecule has 0 aliphatic rings. The van der Waals surface area contributed by atoms with Gasteiger partial charge in [0.2, 0.25) is 0 Å². The second kappa shape index (κ2) is 11.2. The van der Waals surface area contributed by atoms with Gasteiger partial charge in [0.15, 0.2) is 5.96 Å². The molecule has 2 rings (SSSR count). The SMILES string of the molecule is CN=C(NCc1ccc(OC)cc1OC(F)F)NCc1sc(C)nc1C.I. The van der Waals surface area contributed by atoms with Gasteiger partial charge in [-0.15, -0.1) is 35.3 Å². The summed E-state index contributed by atoms with van der Waals surface area (Å²) < 4.78 is 34.9. The molecule has 150 valence electrons. The summed E-state index contributed by atoms with van der Waals surface area (Å²) in [6, 6.07) is 4.80. The summed E-state index contributed by atoms with van der Waals surface area (Å²) in [5.74, 6) is 1.06. The van der Waals surface area contributed by atoms with Gasteiger partial charge in [-0.3, -0.25) is 4.99 Å². The van der Waals surface area contributed by atoms with E-state index in [9.17, 15) is 8.78 Å². The molecule has 0 aliphatic heterocycles. The number of nitrogens with one attached hydrogen (secondary N) is 2. The van der Waals surface area contributed by atoms with E-state index in [0.29, 0.717) is 23.8 Å². The van der Waals surface area contributed by atoms with Crippen molar-refractivity contribution >= 4 is 41.3 Å². The highest BCUT2D eigenvalue weighted by Crippen LogP contribution is 2.26. The van der Waals surface area contributed by atoms with Crippen molar-refractivity contribution in [1.82, 2.24) is 15.6 Å². The highest BCUT2D eigenvalue weighted by molar-refractivity contribution is 14.0. The standard InChI is InChI=1S/C17H22F2N4O2S.HI/c1-10-15(26-11(2)23-10)9-22-17(20-3)21-8-12-5-6-13(24-4)7-14(12)25-16(18)19;/h5-7,16H,8-9H2,1-4H3,(H2,20,21,22);1H. The molecule has 0 saturated carbocycles. The van der Waals surface area contributed by atoms with Crippen molar-refractivity contribution in [2.45, 2.75) is 33.5 Å². The average molecular weight is 512 g/mol. The number of alkyl halides is 2. The van der Waals surface area contributed by atoms with Crippen LogP contribution >= 0.6 is 35.3 Å². The lowest BCUT2D eigenvalue weighted by molar-refractivity contribution is -0.0505. The highest BCUT2D eigenvalue weighted by Gasteiger charge is 2.12. The number of guanidine groups is 1. The zero-order chi connectivity index (χ0) is 19.1. The molecule has 0 bridgehead atoms. The van der Waals surface area contributed by atoms with Gasteiger partial charge in [-0.05, 0) is 26.0 Å². The number of aromatic nitrogens is 1. The van der Waals surface area contributed by atoms with E-state index >= 15 is 0 Å². The van der Waals surface area contributed by atoms with Crippen molar-refractivity contribution in [3.05, 3.63) is 39.3 Å². The molecule has 0 spiro atoms. The third-order valence-corrected chi connectivity index (χ3v) is 4.65. The maximum Gasteiger partial charge on any atom is 0.387 e. The number of halogens is 3. The van der Waals surface area contributed by atoms with Gasteiger partial charge in [0.1, 0.15) is 11.5 Å². The Kier molecular flexibility index (Phi) is 9.70. The topological polar surface area (TPSA) is 67.8 Å². The summed E-state index contributed by atoms with van der Waals surface area (Å²) in [4.78, 5) is 9.65. The molecule has 2 N–H and O–H groups in total. The van der Waals surface area contributed by atoms with Crippen molar-refractivity contribution in [2.75, 3.05) is 14.2 Å². The van der Waals surface area contributed by atoms with Gasteiger partial charge in [-0.2, -0.15) is 8.78 Å².